The second kappa shape index (κ2) is 6.45. The minimum absolute atomic E-state index is 0.180. The number of hydrogen-bond acceptors (Lipinski definition) is 6. The highest BCUT2D eigenvalue weighted by Gasteiger charge is 2.16. The molecule has 1 atom stereocenters. The fourth-order valence-corrected chi connectivity index (χ4v) is 1.77. The topological polar surface area (TPSA) is 112 Å². The Morgan fingerprint density at radius 3 is 2.67 bits per heavy atom. The van der Waals surface area contributed by atoms with Gasteiger partial charge in [0, 0.05) is 12.6 Å². The molecule has 1 heterocycles. The first kappa shape index (κ1) is 14.4. The molecule has 0 fully saturated rings. The summed E-state index contributed by atoms with van der Waals surface area (Å²) >= 11 is 0. The summed E-state index contributed by atoms with van der Waals surface area (Å²) in [5, 5.41) is 32.4. The molecule has 0 radical (unpaired) electrons. The van der Waals surface area contributed by atoms with Crippen molar-refractivity contribution in [1.29, 1.82) is 5.26 Å². The van der Waals surface area contributed by atoms with E-state index in [1.807, 2.05) is 18.2 Å². The van der Waals surface area contributed by atoms with Crippen LogP contribution < -0.4 is 5.32 Å². The van der Waals surface area contributed by atoms with E-state index in [1.54, 1.807) is 18.2 Å². The lowest BCUT2D eigenvalue weighted by Gasteiger charge is -2.12. The highest BCUT2D eigenvalue weighted by molar-refractivity contribution is 5.50. The molecular weight excluding hydrogens is 272 g/mol. The molecule has 0 aliphatic carbocycles. The van der Waals surface area contributed by atoms with E-state index in [1.165, 1.54) is 12.1 Å². The van der Waals surface area contributed by atoms with Gasteiger partial charge in [-0.1, -0.05) is 30.3 Å². The summed E-state index contributed by atoms with van der Waals surface area (Å²) in [6.45, 7) is 0.180. The summed E-state index contributed by atoms with van der Waals surface area (Å²) in [5.74, 6) is 0.298. The lowest BCUT2D eigenvalue weighted by Crippen LogP contribution is -2.13. The smallest absolute Gasteiger partial charge is 0.305 e. The van der Waals surface area contributed by atoms with E-state index < -0.39 is 11.0 Å². The van der Waals surface area contributed by atoms with Crippen molar-refractivity contribution in [2.24, 2.45) is 0 Å². The van der Waals surface area contributed by atoms with Crippen LogP contribution in [0.4, 0.5) is 11.5 Å². The standard InChI is InChI=1S/C14H12N4O3/c15-8-11-12(18(20)21)6-7-14(17-11)16-9-13(19)10-4-2-1-3-5-10/h1-7,13,19H,9H2,(H,16,17). The van der Waals surface area contributed by atoms with Gasteiger partial charge in [-0.05, 0) is 11.6 Å². The average Bonchev–Trinajstić information content (AvgIpc) is 2.52. The summed E-state index contributed by atoms with van der Waals surface area (Å²) in [6.07, 6.45) is -0.742. The molecule has 0 amide bonds. The Bertz CT molecular complexity index is 682. The van der Waals surface area contributed by atoms with Crippen LogP contribution in [-0.4, -0.2) is 21.6 Å². The first-order chi connectivity index (χ1) is 10.1. The molecule has 21 heavy (non-hydrogen) atoms. The maximum absolute atomic E-state index is 10.7. The summed E-state index contributed by atoms with van der Waals surface area (Å²) < 4.78 is 0. The van der Waals surface area contributed by atoms with Gasteiger partial charge in [0.05, 0.1) is 11.0 Å². The van der Waals surface area contributed by atoms with Crippen LogP contribution in [0.5, 0.6) is 0 Å². The number of benzene rings is 1. The lowest BCUT2D eigenvalue weighted by molar-refractivity contribution is -0.385. The highest BCUT2D eigenvalue weighted by Crippen LogP contribution is 2.19. The number of rotatable bonds is 5. The van der Waals surface area contributed by atoms with Gasteiger partial charge in [0.2, 0.25) is 5.69 Å². The van der Waals surface area contributed by atoms with Crippen molar-refractivity contribution in [2.45, 2.75) is 6.10 Å². The molecular formula is C14H12N4O3. The van der Waals surface area contributed by atoms with Gasteiger partial charge in [-0.3, -0.25) is 10.1 Å². The predicted molar refractivity (Wildman–Crippen MR) is 75.5 cm³/mol. The number of hydrogen-bond donors (Lipinski definition) is 2. The van der Waals surface area contributed by atoms with Gasteiger partial charge in [-0.2, -0.15) is 5.26 Å². The van der Waals surface area contributed by atoms with E-state index in [0.29, 0.717) is 5.82 Å². The van der Waals surface area contributed by atoms with Crippen LogP contribution in [0, 0.1) is 21.4 Å². The molecule has 0 saturated heterocycles. The van der Waals surface area contributed by atoms with Gasteiger partial charge >= 0.3 is 5.69 Å². The molecule has 0 bridgehead atoms. The maximum Gasteiger partial charge on any atom is 0.305 e. The van der Waals surface area contributed by atoms with Crippen LogP contribution in [0.2, 0.25) is 0 Å². The number of nitrogens with one attached hydrogen (secondary N) is 1. The molecule has 0 aliphatic heterocycles. The Morgan fingerprint density at radius 1 is 1.33 bits per heavy atom. The fraction of sp³-hybridized carbons (Fsp3) is 0.143. The van der Waals surface area contributed by atoms with E-state index >= 15 is 0 Å². The Morgan fingerprint density at radius 2 is 2.05 bits per heavy atom. The quantitative estimate of drug-likeness (QED) is 0.641. The third-order valence-electron chi connectivity index (χ3n) is 2.84. The average molecular weight is 284 g/mol. The van der Waals surface area contributed by atoms with E-state index in [-0.39, 0.29) is 17.9 Å². The molecule has 0 aliphatic rings. The van der Waals surface area contributed by atoms with Crippen LogP contribution in [0.1, 0.15) is 17.4 Å². The maximum atomic E-state index is 10.7. The molecule has 2 rings (SSSR count). The zero-order valence-electron chi connectivity index (χ0n) is 10.9. The number of aliphatic hydroxyl groups excluding tert-OH is 1. The third-order valence-corrected chi connectivity index (χ3v) is 2.84. The van der Waals surface area contributed by atoms with E-state index in [2.05, 4.69) is 10.3 Å². The minimum atomic E-state index is -0.742. The number of pyridine rings is 1. The van der Waals surface area contributed by atoms with E-state index in [9.17, 15) is 15.2 Å². The van der Waals surface area contributed by atoms with Crippen molar-refractivity contribution >= 4 is 11.5 Å². The normalized spacial score (nSPS) is 11.4. The van der Waals surface area contributed by atoms with Gasteiger partial charge < -0.3 is 10.4 Å². The van der Waals surface area contributed by atoms with Gasteiger partial charge in [-0.15, -0.1) is 0 Å². The van der Waals surface area contributed by atoms with Gasteiger partial charge in [0.1, 0.15) is 11.9 Å². The van der Waals surface area contributed by atoms with Crippen molar-refractivity contribution in [3.8, 4) is 6.07 Å². The zero-order valence-corrected chi connectivity index (χ0v) is 10.9. The monoisotopic (exact) mass is 284 g/mol. The van der Waals surface area contributed by atoms with E-state index in [4.69, 9.17) is 5.26 Å². The number of anilines is 1. The van der Waals surface area contributed by atoms with Crippen molar-refractivity contribution in [3.63, 3.8) is 0 Å². The summed E-state index contributed by atoms with van der Waals surface area (Å²) in [7, 11) is 0. The number of nitriles is 1. The molecule has 7 nitrogen and oxygen atoms in total. The molecule has 0 saturated carbocycles. The summed E-state index contributed by atoms with van der Waals surface area (Å²) in [6, 6.07) is 13.3. The largest absolute Gasteiger partial charge is 0.387 e. The number of nitro groups is 1. The number of nitrogens with zero attached hydrogens (tertiary/aromatic N) is 3. The molecule has 0 spiro atoms. The molecule has 106 valence electrons. The first-order valence-corrected chi connectivity index (χ1v) is 6.14. The van der Waals surface area contributed by atoms with Crippen molar-refractivity contribution in [3.05, 3.63) is 63.8 Å². The number of aromatic nitrogens is 1. The van der Waals surface area contributed by atoms with Crippen molar-refractivity contribution < 1.29 is 10.0 Å². The summed E-state index contributed by atoms with van der Waals surface area (Å²) in [5.41, 5.74) is 0.137. The Labute approximate surface area is 120 Å². The molecule has 1 aromatic heterocycles. The SMILES string of the molecule is N#Cc1nc(NCC(O)c2ccccc2)ccc1[N+](=O)[O-]. The van der Waals surface area contributed by atoms with Gasteiger partial charge in [-0.25, -0.2) is 4.98 Å². The Hall–Kier alpha value is -2.98. The molecule has 7 heteroatoms. The molecule has 2 aromatic rings. The van der Waals surface area contributed by atoms with Crippen LogP contribution in [0.3, 0.4) is 0 Å². The molecule has 1 aromatic carbocycles. The Kier molecular flexibility index (Phi) is 4.43. The van der Waals surface area contributed by atoms with Gasteiger partial charge in [0.15, 0.2) is 0 Å². The lowest BCUT2D eigenvalue weighted by atomic mass is 10.1. The van der Waals surface area contributed by atoms with Gasteiger partial charge in [0.25, 0.3) is 0 Å². The van der Waals surface area contributed by atoms with Crippen LogP contribution in [0.15, 0.2) is 42.5 Å². The summed E-state index contributed by atoms with van der Waals surface area (Å²) in [4.78, 5) is 13.9. The van der Waals surface area contributed by atoms with Crippen LogP contribution in [-0.2, 0) is 0 Å². The van der Waals surface area contributed by atoms with Crippen LogP contribution in [0.25, 0.3) is 0 Å². The molecule has 2 N–H and O–H groups in total. The second-order valence-corrected chi connectivity index (χ2v) is 4.24. The van der Waals surface area contributed by atoms with E-state index in [0.717, 1.165) is 5.56 Å². The third kappa shape index (κ3) is 3.52. The minimum Gasteiger partial charge on any atom is -0.387 e. The van der Waals surface area contributed by atoms with Crippen molar-refractivity contribution in [1.82, 2.24) is 4.98 Å². The zero-order chi connectivity index (χ0) is 15.2. The number of aliphatic hydroxyl groups is 1. The van der Waals surface area contributed by atoms with Crippen LogP contribution >= 0.6 is 0 Å². The highest BCUT2D eigenvalue weighted by atomic mass is 16.6. The van der Waals surface area contributed by atoms with Crippen molar-refractivity contribution in [2.75, 3.05) is 11.9 Å². The first-order valence-electron chi connectivity index (χ1n) is 6.14. The predicted octanol–water partition coefficient (Wildman–Crippen LogP) is 2.01. The second-order valence-electron chi connectivity index (χ2n) is 4.24. The Balaban J connectivity index is 2.07. The fourth-order valence-electron chi connectivity index (χ4n) is 1.77. The molecule has 1 unspecified atom stereocenters.